The van der Waals surface area contributed by atoms with Crippen molar-refractivity contribution in [3.8, 4) is 0 Å². The van der Waals surface area contributed by atoms with Crippen molar-refractivity contribution >= 4 is 29.1 Å². The standard InChI is InChI=1S/C17H18ClF3N4O/c1-3-4-7-25(2)15(26)11-9-22-16(23-10-11)24-12-5-6-14(18)13(8-12)17(19,20)21/h5-6,8-10H,3-4,7H2,1-2H3,(H,22,23,24). The summed E-state index contributed by atoms with van der Waals surface area (Å²) in [7, 11) is 1.69. The summed E-state index contributed by atoms with van der Waals surface area (Å²) in [5, 5.41) is 2.28. The van der Waals surface area contributed by atoms with Crippen LogP contribution in [-0.2, 0) is 6.18 Å². The molecule has 1 aromatic heterocycles. The number of amides is 1. The second-order valence-electron chi connectivity index (χ2n) is 5.69. The zero-order chi connectivity index (χ0) is 19.3. The van der Waals surface area contributed by atoms with E-state index in [2.05, 4.69) is 15.3 Å². The molecule has 0 bridgehead atoms. The third kappa shape index (κ3) is 5.08. The van der Waals surface area contributed by atoms with Crippen LogP contribution in [0.15, 0.2) is 30.6 Å². The molecule has 0 spiro atoms. The van der Waals surface area contributed by atoms with E-state index in [0.717, 1.165) is 25.0 Å². The minimum atomic E-state index is -4.56. The average Bonchev–Trinajstić information content (AvgIpc) is 2.60. The molecule has 9 heteroatoms. The van der Waals surface area contributed by atoms with Gasteiger partial charge in [0.1, 0.15) is 0 Å². The molecule has 0 aliphatic heterocycles. The van der Waals surface area contributed by atoms with E-state index >= 15 is 0 Å². The second kappa shape index (κ2) is 8.35. The first-order valence-electron chi connectivity index (χ1n) is 7.93. The maximum absolute atomic E-state index is 12.9. The van der Waals surface area contributed by atoms with E-state index in [0.29, 0.717) is 12.1 Å². The molecule has 2 aromatic rings. The van der Waals surface area contributed by atoms with Crippen LogP contribution in [0.3, 0.4) is 0 Å². The van der Waals surface area contributed by atoms with Crippen molar-refractivity contribution in [2.75, 3.05) is 18.9 Å². The molecule has 5 nitrogen and oxygen atoms in total. The van der Waals surface area contributed by atoms with Crippen molar-refractivity contribution < 1.29 is 18.0 Å². The molecule has 0 atom stereocenters. The van der Waals surface area contributed by atoms with E-state index in [1.165, 1.54) is 18.5 Å². The predicted molar refractivity (Wildman–Crippen MR) is 93.6 cm³/mol. The molecule has 1 N–H and O–H groups in total. The SMILES string of the molecule is CCCCN(C)C(=O)c1cnc(Nc2ccc(Cl)c(C(F)(F)F)c2)nc1. The van der Waals surface area contributed by atoms with E-state index in [1.54, 1.807) is 11.9 Å². The van der Waals surface area contributed by atoms with E-state index in [1.807, 2.05) is 6.92 Å². The van der Waals surface area contributed by atoms with Crippen LogP contribution in [0.4, 0.5) is 24.8 Å². The van der Waals surface area contributed by atoms with Gasteiger partial charge < -0.3 is 10.2 Å². The zero-order valence-electron chi connectivity index (χ0n) is 14.3. The molecule has 0 radical (unpaired) electrons. The van der Waals surface area contributed by atoms with Crippen molar-refractivity contribution in [1.82, 2.24) is 14.9 Å². The lowest BCUT2D eigenvalue weighted by molar-refractivity contribution is -0.137. The average molecular weight is 387 g/mol. The van der Waals surface area contributed by atoms with Crippen LogP contribution in [-0.4, -0.2) is 34.4 Å². The van der Waals surface area contributed by atoms with Crippen LogP contribution in [0.25, 0.3) is 0 Å². The molecule has 26 heavy (non-hydrogen) atoms. The number of hydrogen-bond donors (Lipinski definition) is 1. The number of benzene rings is 1. The van der Waals surface area contributed by atoms with Crippen LogP contribution in [0.1, 0.15) is 35.7 Å². The highest BCUT2D eigenvalue weighted by Crippen LogP contribution is 2.36. The van der Waals surface area contributed by atoms with Gasteiger partial charge in [0.05, 0.1) is 16.1 Å². The number of anilines is 2. The highest BCUT2D eigenvalue weighted by atomic mass is 35.5. The van der Waals surface area contributed by atoms with E-state index in [9.17, 15) is 18.0 Å². The van der Waals surface area contributed by atoms with E-state index < -0.39 is 11.7 Å². The molecule has 0 fully saturated rings. The summed E-state index contributed by atoms with van der Waals surface area (Å²) in [4.78, 5) is 21.7. The molecule has 1 heterocycles. The molecule has 0 aliphatic rings. The molecular weight excluding hydrogens is 369 g/mol. The molecule has 140 valence electrons. The summed E-state index contributed by atoms with van der Waals surface area (Å²) < 4.78 is 38.7. The lowest BCUT2D eigenvalue weighted by Gasteiger charge is -2.16. The van der Waals surface area contributed by atoms with Gasteiger partial charge in [0.25, 0.3) is 5.91 Å². The number of rotatable bonds is 6. The van der Waals surface area contributed by atoms with E-state index in [4.69, 9.17) is 11.6 Å². The Morgan fingerprint density at radius 2 is 1.92 bits per heavy atom. The highest BCUT2D eigenvalue weighted by molar-refractivity contribution is 6.31. The molecule has 0 aliphatic carbocycles. The Hall–Kier alpha value is -2.35. The molecule has 0 saturated carbocycles. The van der Waals surface area contributed by atoms with Gasteiger partial charge >= 0.3 is 6.18 Å². The van der Waals surface area contributed by atoms with Crippen molar-refractivity contribution in [3.63, 3.8) is 0 Å². The smallest absolute Gasteiger partial charge is 0.342 e. The van der Waals surface area contributed by atoms with Gasteiger partial charge in [-0.3, -0.25) is 4.79 Å². The topological polar surface area (TPSA) is 58.1 Å². The zero-order valence-corrected chi connectivity index (χ0v) is 15.0. The minimum Gasteiger partial charge on any atom is -0.342 e. The van der Waals surface area contributed by atoms with E-state index in [-0.39, 0.29) is 22.6 Å². The predicted octanol–water partition coefficient (Wildman–Crippen LogP) is 4.76. The number of nitrogens with zero attached hydrogens (tertiary/aromatic N) is 3. The van der Waals surface area contributed by atoms with Gasteiger partial charge in [-0.1, -0.05) is 24.9 Å². The molecule has 0 saturated heterocycles. The summed E-state index contributed by atoms with van der Waals surface area (Å²) >= 11 is 5.58. The molecular formula is C17H18ClF3N4O. The quantitative estimate of drug-likeness (QED) is 0.777. The fourth-order valence-corrected chi connectivity index (χ4v) is 2.39. The molecule has 1 aromatic carbocycles. The van der Waals surface area contributed by atoms with Gasteiger partial charge in [-0.25, -0.2) is 9.97 Å². The lowest BCUT2D eigenvalue weighted by atomic mass is 10.2. The first kappa shape index (κ1) is 20.0. The van der Waals surface area contributed by atoms with Crippen LogP contribution in [0, 0.1) is 0 Å². The Morgan fingerprint density at radius 1 is 1.27 bits per heavy atom. The van der Waals surface area contributed by atoms with Crippen LogP contribution in [0.5, 0.6) is 0 Å². The Labute approximate surface area is 154 Å². The third-order valence-corrected chi connectivity index (χ3v) is 3.95. The van der Waals surface area contributed by atoms with Crippen molar-refractivity contribution in [1.29, 1.82) is 0 Å². The minimum absolute atomic E-state index is 0.0770. The Kier molecular flexibility index (Phi) is 6.42. The number of carbonyl (C=O) groups is 1. The van der Waals surface area contributed by atoms with Gasteiger partial charge in [0.2, 0.25) is 5.95 Å². The second-order valence-corrected chi connectivity index (χ2v) is 6.10. The summed E-state index contributed by atoms with van der Waals surface area (Å²) in [5.74, 6) is -0.135. The van der Waals surface area contributed by atoms with Crippen LogP contribution < -0.4 is 5.32 Å². The van der Waals surface area contributed by atoms with Crippen LogP contribution in [0.2, 0.25) is 5.02 Å². The summed E-state index contributed by atoms with van der Waals surface area (Å²) in [5.41, 5.74) is -0.504. The summed E-state index contributed by atoms with van der Waals surface area (Å²) in [6.45, 7) is 2.66. The number of hydrogen-bond acceptors (Lipinski definition) is 4. The number of nitrogens with one attached hydrogen (secondary N) is 1. The normalized spacial score (nSPS) is 11.3. The first-order valence-corrected chi connectivity index (χ1v) is 8.31. The first-order chi connectivity index (χ1) is 12.2. The number of halogens is 4. The fraction of sp³-hybridized carbons (Fsp3) is 0.353. The van der Waals surface area contributed by atoms with Gasteiger partial charge in [-0.2, -0.15) is 13.2 Å². The Bertz CT molecular complexity index is 766. The maximum atomic E-state index is 12.9. The number of carbonyl (C=O) groups excluding carboxylic acids is 1. The lowest BCUT2D eigenvalue weighted by Crippen LogP contribution is -2.27. The van der Waals surface area contributed by atoms with Crippen molar-refractivity contribution in [3.05, 3.63) is 46.7 Å². The fourth-order valence-electron chi connectivity index (χ4n) is 2.17. The Balaban J connectivity index is 2.11. The number of aromatic nitrogens is 2. The molecule has 2 rings (SSSR count). The number of unbranched alkanes of at least 4 members (excludes halogenated alkanes) is 1. The monoisotopic (exact) mass is 386 g/mol. The summed E-state index contributed by atoms with van der Waals surface area (Å²) in [6.07, 6.45) is -0.0325. The van der Waals surface area contributed by atoms with Gasteiger partial charge in [0.15, 0.2) is 0 Å². The van der Waals surface area contributed by atoms with Gasteiger partial charge in [-0.15, -0.1) is 0 Å². The number of alkyl halides is 3. The third-order valence-electron chi connectivity index (χ3n) is 3.62. The largest absolute Gasteiger partial charge is 0.417 e. The maximum Gasteiger partial charge on any atom is 0.417 e. The van der Waals surface area contributed by atoms with Crippen molar-refractivity contribution in [2.24, 2.45) is 0 Å². The van der Waals surface area contributed by atoms with Crippen molar-refractivity contribution in [2.45, 2.75) is 25.9 Å². The van der Waals surface area contributed by atoms with Crippen LogP contribution >= 0.6 is 11.6 Å². The van der Waals surface area contributed by atoms with Gasteiger partial charge in [0, 0.05) is 31.7 Å². The highest BCUT2D eigenvalue weighted by Gasteiger charge is 2.33. The Morgan fingerprint density at radius 3 is 2.50 bits per heavy atom. The van der Waals surface area contributed by atoms with Gasteiger partial charge in [-0.05, 0) is 24.6 Å². The molecule has 0 unspecified atom stereocenters. The molecule has 1 amide bonds. The summed E-state index contributed by atoms with van der Waals surface area (Å²) in [6, 6.07) is 3.41.